The molecule has 0 fully saturated rings. The summed E-state index contributed by atoms with van der Waals surface area (Å²) in [6.07, 6.45) is 1.05. The third-order valence-electron chi connectivity index (χ3n) is 6.77. The number of carbonyl (C=O) groups excluding carboxylic acids is 4. The first-order chi connectivity index (χ1) is 17.3. The molecule has 37 heavy (non-hydrogen) atoms. The maximum absolute atomic E-state index is 12.9. The van der Waals surface area contributed by atoms with Crippen LogP contribution in [0.25, 0.3) is 0 Å². The van der Waals surface area contributed by atoms with Crippen LogP contribution in [0, 0.1) is 11.3 Å². The fraction of sp³-hybridized carbons (Fsp3) is 0.333. The monoisotopic (exact) mass is 506 g/mol. The van der Waals surface area contributed by atoms with Gasteiger partial charge in [0.05, 0.1) is 33.4 Å². The smallest absolute Gasteiger partial charge is 0.335 e. The number of fused-ring (bicyclic) bond motifs is 2. The molecular formula is C27H26N2O8. The Hall–Kier alpha value is -4.34. The number of rotatable bonds is 9. The maximum Gasteiger partial charge on any atom is 0.335 e. The lowest BCUT2D eigenvalue weighted by Crippen LogP contribution is -2.39. The number of nitrogens with zero attached hydrogens (tertiary/aromatic N) is 2. The molecule has 192 valence electrons. The molecule has 0 saturated carbocycles. The number of carbonyl (C=O) groups is 6. The second kappa shape index (κ2) is 9.27. The van der Waals surface area contributed by atoms with Crippen molar-refractivity contribution in [1.29, 1.82) is 0 Å². The normalized spacial score (nSPS) is 15.8. The summed E-state index contributed by atoms with van der Waals surface area (Å²) >= 11 is 0. The van der Waals surface area contributed by atoms with Crippen LogP contribution in [0.2, 0.25) is 0 Å². The number of hydrogen-bond acceptors (Lipinski definition) is 6. The summed E-state index contributed by atoms with van der Waals surface area (Å²) in [5.41, 5.74) is -0.123. The highest BCUT2D eigenvalue weighted by Gasteiger charge is 2.40. The van der Waals surface area contributed by atoms with Crippen molar-refractivity contribution in [3.05, 3.63) is 69.8 Å². The van der Waals surface area contributed by atoms with Crippen molar-refractivity contribution in [3.63, 3.8) is 0 Å². The van der Waals surface area contributed by atoms with E-state index in [1.54, 1.807) is 0 Å². The van der Waals surface area contributed by atoms with Gasteiger partial charge in [-0.05, 0) is 60.6 Å². The van der Waals surface area contributed by atoms with E-state index in [0.717, 1.165) is 9.80 Å². The molecule has 2 aliphatic heterocycles. The summed E-state index contributed by atoms with van der Waals surface area (Å²) in [5, 5.41) is 18.3. The standard InChI is InChI=1S/C27H26N2O8/c1-14(8-9-28-21(30)17-6-4-15(25(34)35)10-19(17)23(28)32)12-27(2,3)13-29-22(31)18-7-5-16(26(36)37)11-20(18)24(29)33/h4-7,10-11,14H,8-9,12-13H2,1-3H3,(H,34,35)(H,36,37). The average Bonchev–Trinajstić information content (AvgIpc) is 3.21. The summed E-state index contributed by atoms with van der Waals surface area (Å²) in [7, 11) is 0. The number of carboxylic acids is 2. The first kappa shape index (κ1) is 25.7. The van der Waals surface area contributed by atoms with E-state index in [0.29, 0.717) is 12.8 Å². The van der Waals surface area contributed by atoms with Crippen molar-refractivity contribution >= 4 is 35.6 Å². The minimum atomic E-state index is -1.18. The number of imide groups is 2. The molecule has 4 amide bonds. The van der Waals surface area contributed by atoms with Gasteiger partial charge in [-0.1, -0.05) is 20.8 Å². The van der Waals surface area contributed by atoms with E-state index < -0.39 is 41.0 Å². The van der Waals surface area contributed by atoms with E-state index in [-0.39, 0.29) is 52.4 Å². The van der Waals surface area contributed by atoms with Crippen molar-refractivity contribution in [1.82, 2.24) is 9.80 Å². The Balaban J connectivity index is 1.38. The third kappa shape index (κ3) is 4.74. The van der Waals surface area contributed by atoms with Crippen LogP contribution in [-0.2, 0) is 0 Å². The molecule has 0 aliphatic carbocycles. The number of carboxylic acid groups (broad SMARTS) is 2. The molecule has 2 aromatic carbocycles. The van der Waals surface area contributed by atoms with E-state index in [2.05, 4.69) is 0 Å². The zero-order valence-electron chi connectivity index (χ0n) is 20.6. The van der Waals surface area contributed by atoms with Gasteiger partial charge in [0.15, 0.2) is 0 Å². The Morgan fingerprint density at radius 3 is 1.68 bits per heavy atom. The largest absolute Gasteiger partial charge is 0.478 e. The van der Waals surface area contributed by atoms with Gasteiger partial charge in [0.25, 0.3) is 23.6 Å². The van der Waals surface area contributed by atoms with Gasteiger partial charge < -0.3 is 10.2 Å². The summed E-state index contributed by atoms with van der Waals surface area (Å²) in [5.74, 6) is -4.34. The Morgan fingerprint density at radius 1 is 0.757 bits per heavy atom. The predicted octanol–water partition coefficient (Wildman–Crippen LogP) is 3.42. The lowest BCUT2D eigenvalue weighted by molar-refractivity contribution is 0.0556. The molecule has 10 heteroatoms. The quantitative estimate of drug-likeness (QED) is 0.491. The highest BCUT2D eigenvalue weighted by Crippen LogP contribution is 2.33. The second-order valence-corrected chi connectivity index (χ2v) is 10.4. The number of amides is 4. The van der Waals surface area contributed by atoms with Crippen molar-refractivity contribution < 1.29 is 39.0 Å². The average molecular weight is 507 g/mol. The van der Waals surface area contributed by atoms with Crippen LogP contribution in [-0.4, -0.2) is 68.7 Å². The molecule has 0 aromatic heterocycles. The summed E-state index contributed by atoms with van der Waals surface area (Å²) in [6, 6.07) is 7.73. The van der Waals surface area contributed by atoms with E-state index in [1.807, 2.05) is 20.8 Å². The molecule has 4 rings (SSSR count). The summed E-state index contributed by atoms with van der Waals surface area (Å²) in [6.45, 7) is 6.04. The van der Waals surface area contributed by atoms with Gasteiger partial charge in [0, 0.05) is 13.1 Å². The lowest BCUT2D eigenvalue weighted by Gasteiger charge is -2.32. The van der Waals surface area contributed by atoms with Gasteiger partial charge in [-0.25, -0.2) is 9.59 Å². The van der Waals surface area contributed by atoms with E-state index in [9.17, 15) is 33.9 Å². The number of hydrogen-bond donors (Lipinski definition) is 2. The minimum Gasteiger partial charge on any atom is -0.478 e. The fourth-order valence-corrected chi connectivity index (χ4v) is 5.08. The van der Waals surface area contributed by atoms with Gasteiger partial charge in [-0.3, -0.25) is 29.0 Å². The Labute approximate surface area is 212 Å². The molecule has 2 N–H and O–H groups in total. The van der Waals surface area contributed by atoms with Crippen LogP contribution in [0.1, 0.15) is 95.8 Å². The van der Waals surface area contributed by atoms with Crippen molar-refractivity contribution in [2.24, 2.45) is 11.3 Å². The highest BCUT2D eigenvalue weighted by atomic mass is 16.4. The van der Waals surface area contributed by atoms with Crippen LogP contribution in [0.15, 0.2) is 36.4 Å². The van der Waals surface area contributed by atoms with Crippen molar-refractivity contribution in [2.45, 2.75) is 33.6 Å². The molecule has 10 nitrogen and oxygen atoms in total. The van der Waals surface area contributed by atoms with Crippen LogP contribution >= 0.6 is 0 Å². The van der Waals surface area contributed by atoms with Gasteiger partial charge in [-0.2, -0.15) is 0 Å². The Bertz CT molecular complexity index is 1380. The van der Waals surface area contributed by atoms with Crippen LogP contribution in [0.4, 0.5) is 0 Å². The van der Waals surface area contributed by atoms with Gasteiger partial charge in [-0.15, -0.1) is 0 Å². The molecule has 0 radical (unpaired) electrons. The molecule has 2 aliphatic rings. The Morgan fingerprint density at radius 2 is 1.19 bits per heavy atom. The SMILES string of the molecule is CC(CCN1C(=O)c2ccc(C(=O)O)cc2C1=O)CC(C)(C)CN1C(=O)c2ccc(C(=O)O)cc2C1=O. The highest BCUT2D eigenvalue weighted by molar-refractivity contribution is 6.22. The molecular weight excluding hydrogens is 480 g/mol. The number of benzene rings is 2. The van der Waals surface area contributed by atoms with Crippen LogP contribution in [0.5, 0.6) is 0 Å². The molecule has 2 aromatic rings. The zero-order chi connectivity index (χ0) is 27.2. The van der Waals surface area contributed by atoms with E-state index >= 15 is 0 Å². The second-order valence-electron chi connectivity index (χ2n) is 10.4. The molecule has 1 unspecified atom stereocenters. The van der Waals surface area contributed by atoms with Gasteiger partial charge in [0.1, 0.15) is 0 Å². The molecule has 2 heterocycles. The molecule has 0 saturated heterocycles. The zero-order valence-corrected chi connectivity index (χ0v) is 20.6. The summed E-state index contributed by atoms with van der Waals surface area (Å²) < 4.78 is 0. The van der Waals surface area contributed by atoms with Gasteiger partial charge in [0.2, 0.25) is 0 Å². The minimum absolute atomic E-state index is 0.0164. The Kier molecular flexibility index (Phi) is 6.45. The lowest BCUT2D eigenvalue weighted by atomic mass is 9.81. The van der Waals surface area contributed by atoms with E-state index in [1.165, 1.54) is 36.4 Å². The van der Waals surface area contributed by atoms with Crippen molar-refractivity contribution in [2.75, 3.05) is 13.1 Å². The number of aromatic carboxylic acids is 2. The van der Waals surface area contributed by atoms with E-state index in [4.69, 9.17) is 5.11 Å². The maximum atomic E-state index is 12.9. The topological polar surface area (TPSA) is 149 Å². The molecule has 0 spiro atoms. The van der Waals surface area contributed by atoms with Gasteiger partial charge >= 0.3 is 11.9 Å². The van der Waals surface area contributed by atoms with Crippen LogP contribution in [0.3, 0.4) is 0 Å². The fourth-order valence-electron chi connectivity index (χ4n) is 5.08. The molecule has 0 bridgehead atoms. The predicted molar refractivity (Wildman–Crippen MR) is 130 cm³/mol. The molecule has 1 atom stereocenters. The summed E-state index contributed by atoms with van der Waals surface area (Å²) in [4.78, 5) is 75.9. The first-order valence-electron chi connectivity index (χ1n) is 11.8. The van der Waals surface area contributed by atoms with Crippen LogP contribution < -0.4 is 0 Å². The van der Waals surface area contributed by atoms with Crippen molar-refractivity contribution in [3.8, 4) is 0 Å². The first-order valence-corrected chi connectivity index (χ1v) is 11.8. The third-order valence-corrected chi connectivity index (χ3v) is 6.77.